The summed E-state index contributed by atoms with van der Waals surface area (Å²) in [7, 11) is 0. The zero-order chi connectivity index (χ0) is 17.3. The highest BCUT2D eigenvalue weighted by Gasteiger charge is 2.11. The van der Waals surface area contributed by atoms with E-state index < -0.39 is 0 Å². The number of aromatic hydroxyl groups is 1. The molecule has 0 unspecified atom stereocenters. The molecule has 1 aromatic heterocycles. The number of halogens is 3. The molecule has 0 amide bonds. The molecule has 9 heteroatoms. The lowest BCUT2D eigenvalue weighted by molar-refractivity contribution is 0.471. The Morgan fingerprint density at radius 2 is 1.92 bits per heavy atom. The summed E-state index contributed by atoms with van der Waals surface area (Å²) >= 11 is 15.4. The fraction of sp³-hybridized carbons (Fsp3) is 0. The zero-order valence-corrected chi connectivity index (χ0v) is 17.4. The Hall–Kier alpha value is -1.29. The number of nitrogens with one attached hydrogen (secondary N) is 1. The first-order valence-electron chi connectivity index (χ1n) is 6.62. The Morgan fingerprint density at radius 3 is 2.67 bits per heavy atom. The second-order valence-electron chi connectivity index (χ2n) is 4.71. The molecular formula is C15H9Br3N4OS. The standard InChI is InChI=1S/C15H9Br3N4OS/c16-9-5-8(13(23)12(18)6-9)7-19-22-14(20-21-15(22)24)10-3-1-2-4-11(10)17/h1-7,23H,(H,21,24)/b19-7-. The third kappa shape index (κ3) is 3.53. The van der Waals surface area contributed by atoms with Crippen LogP contribution in [0.25, 0.3) is 11.4 Å². The van der Waals surface area contributed by atoms with Gasteiger partial charge in [0, 0.05) is 20.1 Å². The zero-order valence-electron chi connectivity index (χ0n) is 11.9. The molecule has 3 aromatic rings. The van der Waals surface area contributed by atoms with Crippen LogP contribution in [0.1, 0.15) is 5.56 Å². The molecule has 0 saturated heterocycles. The Bertz CT molecular complexity index is 997. The largest absolute Gasteiger partial charge is 0.506 e. The highest BCUT2D eigenvalue weighted by molar-refractivity contribution is 9.11. The first-order valence-corrected chi connectivity index (χ1v) is 9.41. The fourth-order valence-electron chi connectivity index (χ4n) is 2.02. The van der Waals surface area contributed by atoms with Gasteiger partial charge in [-0.05, 0) is 52.4 Å². The highest BCUT2D eigenvalue weighted by atomic mass is 79.9. The minimum atomic E-state index is 0.0967. The van der Waals surface area contributed by atoms with E-state index in [1.54, 1.807) is 12.1 Å². The second kappa shape index (κ2) is 7.30. The molecule has 122 valence electrons. The molecule has 5 nitrogen and oxygen atoms in total. The van der Waals surface area contributed by atoms with Crippen LogP contribution in [0.3, 0.4) is 0 Å². The van der Waals surface area contributed by atoms with Crippen molar-refractivity contribution in [2.45, 2.75) is 0 Å². The molecule has 2 aromatic carbocycles. The molecule has 0 fully saturated rings. The minimum Gasteiger partial charge on any atom is -0.506 e. The van der Waals surface area contributed by atoms with Crippen LogP contribution in [0.15, 0.2) is 54.9 Å². The number of hydrogen-bond acceptors (Lipinski definition) is 4. The van der Waals surface area contributed by atoms with Crippen LogP contribution < -0.4 is 0 Å². The molecule has 0 radical (unpaired) electrons. The van der Waals surface area contributed by atoms with E-state index in [2.05, 4.69) is 63.1 Å². The van der Waals surface area contributed by atoms with Gasteiger partial charge in [0.2, 0.25) is 4.77 Å². The monoisotopic (exact) mass is 530 g/mol. The van der Waals surface area contributed by atoms with E-state index in [0.717, 1.165) is 14.5 Å². The number of H-pyrrole nitrogens is 1. The van der Waals surface area contributed by atoms with Crippen LogP contribution in [-0.2, 0) is 0 Å². The van der Waals surface area contributed by atoms with Crippen molar-refractivity contribution >= 4 is 66.2 Å². The lowest BCUT2D eigenvalue weighted by Crippen LogP contribution is -1.96. The van der Waals surface area contributed by atoms with Crippen LogP contribution in [-0.4, -0.2) is 26.2 Å². The first-order chi connectivity index (χ1) is 11.5. The van der Waals surface area contributed by atoms with Gasteiger partial charge in [-0.1, -0.05) is 44.0 Å². The maximum absolute atomic E-state index is 10.1. The van der Waals surface area contributed by atoms with Gasteiger partial charge in [-0.3, -0.25) is 0 Å². The first kappa shape index (κ1) is 17.5. The normalized spacial score (nSPS) is 11.3. The van der Waals surface area contributed by atoms with Gasteiger partial charge in [0.05, 0.1) is 10.7 Å². The third-order valence-corrected chi connectivity index (χ3v) is 5.15. The molecule has 0 saturated carbocycles. The summed E-state index contributed by atoms with van der Waals surface area (Å²) in [5.41, 5.74) is 1.39. The molecule has 0 atom stereocenters. The Morgan fingerprint density at radius 1 is 1.17 bits per heavy atom. The average Bonchev–Trinajstić information content (AvgIpc) is 2.90. The molecular weight excluding hydrogens is 524 g/mol. The summed E-state index contributed by atoms with van der Waals surface area (Å²) in [5.74, 6) is 0.664. The van der Waals surface area contributed by atoms with Crippen molar-refractivity contribution in [2.75, 3.05) is 0 Å². The Kier molecular flexibility index (Phi) is 5.33. The maximum Gasteiger partial charge on any atom is 0.216 e. The predicted molar refractivity (Wildman–Crippen MR) is 107 cm³/mol. The SMILES string of the molecule is Oc1c(Br)cc(Br)cc1/C=N\n1c(-c2ccccc2Br)n[nH]c1=S. The Balaban J connectivity index is 2.08. The maximum atomic E-state index is 10.1. The summed E-state index contributed by atoms with van der Waals surface area (Å²) < 4.78 is 4.12. The molecule has 0 aliphatic rings. The highest BCUT2D eigenvalue weighted by Crippen LogP contribution is 2.31. The van der Waals surface area contributed by atoms with Crippen LogP contribution in [0.4, 0.5) is 0 Å². The number of aromatic nitrogens is 3. The fourth-order valence-corrected chi connectivity index (χ4v) is 3.92. The average molecular weight is 533 g/mol. The van der Waals surface area contributed by atoms with Gasteiger partial charge in [-0.15, -0.1) is 0 Å². The van der Waals surface area contributed by atoms with Gasteiger partial charge in [-0.25, -0.2) is 5.10 Å². The van der Waals surface area contributed by atoms with Crippen molar-refractivity contribution in [3.8, 4) is 17.1 Å². The summed E-state index contributed by atoms with van der Waals surface area (Å²) in [6, 6.07) is 11.2. The predicted octanol–water partition coefficient (Wildman–Crippen LogP) is 5.48. The summed E-state index contributed by atoms with van der Waals surface area (Å²) in [6.45, 7) is 0. The molecule has 0 aliphatic heterocycles. The van der Waals surface area contributed by atoms with E-state index in [4.69, 9.17) is 12.2 Å². The van der Waals surface area contributed by atoms with Crippen LogP contribution in [0.5, 0.6) is 5.75 Å². The van der Waals surface area contributed by atoms with E-state index >= 15 is 0 Å². The van der Waals surface area contributed by atoms with Gasteiger partial charge in [0.15, 0.2) is 5.82 Å². The smallest absolute Gasteiger partial charge is 0.216 e. The number of nitrogens with zero attached hydrogens (tertiary/aromatic N) is 3. The van der Waals surface area contributed by atoms with Gasteiger partial charge in [0.1, 0.15) is 5.75 Å². The van der Waals surface area contributed by atoms with Crippen molar-refractivity contribution in [3.05, 3.63) is 60.2 Å². The molecule has 0 bridgehead atoms. The summed E-state index contributed by atoms with van der Waals surface area (Å²) in [6.07, 6.45) is 1.52. The van der Waals surface area contributed by atoms with Gasteiger partial charge >= 0.3 is 0 Å². The molecule has 1 heterocycles. The lowest BCUT2D eigenvalue weighted by Gasteiger charge is -2.05. The van der Waals surface area contributed by atoms with Crippen molar-refractivity contribution in [1.82, 2.24) is 14.9 Å². The van der Waals surface area contributed by atoms with Crippen molar-refractivity contribution in [1.29, 1.82) is 0 Å². The topological polar surface area (TPSA) is 66.2 Å². The number of benzene rings is 2. The Labute approximate surface area is 167 Å². The van der Waals surface area contributed by atoms with Crippen molar-refractivity contribution in [3.63, 3.8) is 0 Å². The van der Waals surface area contributed by atoms with E-state index in [9.17, 15) is 5.11 Å². The minimum absolute atomic E-state index is 0.0967. The molecule has 24 heavy (non-hydrogen) atoms. The molecule has 3 rings (SSSR count). The van der Waals surface area contributed by atoms with E-state index in [0.29, 0.717) is 20.6 Å². The number of rotatable bonds is 3. The van der Waals surface area contributed by atoms with Crippen molar-refractivity contribution in [2.24, 2.45) is 5.10 Å². The molecule has 0 spiro atoms. The number of phenolic OH excluding ortho intramolecular Hbond substituents is 1. The molecule has 0 aliphatic carbocycles. The van der Waals surface area contributed by atoms with E-state index in [1.807, 2.05) is 24.3 Å². The third-order valence-electron chi connectivity index (χ3n) is 3.14. The van der Waals surface area contributed by atoms with Gasteiger partial charge in [0.25, 0.3) is 0 Å². The van der Waals surface area contributed by atoms with Crippen molar-refractivity contribution < 1.29 is 5.11 Å². The van der Waals surface area contributed by atoms with Gasteiger partial charge < -0.3 is 5.11 Å². The quantitative estimate of drug-likeness (QED) is 0.346. The summed E-state index contributed by atoms with van der Waals surface area (Å²) in [5, 5.41) is 21.5. The van der Waals surface area contributed by atoms with Gasteiger partial charge in [-0.2, -0.15) is 14.9 Å². The lowest BCUT2D eigenvalue weighted by atomic mass is 10.2. The van der Waals surface area contributed by atoms with Crippen LogP contribution in [0, 0.1) is 4.77 Å². The van der Waals surface area contributed by atoms with Crippen LogP contribution >= 0.6 is 60.0 Å². The van der Waals surface area contributed by atoms with E-state index in [-0.39, 0.29) is 5.75 Å². The summed E-state index contributed by atoms with van der Waals surface area (Å²) in [4.78, 5) is 0. The number of phenols is 1. The number of hydrogen-bond donors (Lipinski definition) is 2. The van der Waals surface area contributed by atoms with Crippen LogP contribution in [0.2, 0.25) is 0 Å². The number of aromatic amines is 1. The molecule has 2 N–H and O–H groups in total. The van der Waals surface area contributed by atoms with E-state index in [1.165, 1.54) is 10.9 Å². The second-order valence-corrected chi connectivity index (χ2v) is 7.73.